The highest BCUT2D eigenvalue weighted by Gasteiger charge is 2.23. The molecule has 136 valence electrons. The number of rotatable bonds is 6. The number of hydrogen-bond acceptors (Lipinski definition) is 5. The normalized spacial score (nSPS) is 11.7. The van der Waals surface area contributed by atoms with Crippen molar-refractivity contribution in [2.24, 2.45) is 0 Å². The molecule has 0 spiro atoms. The van der Waals surface area contributed by atoms with Crippen LogP contribution in [0.4, 0.5) is 5.13 Å². The molecule has 7 nitrogen and oxygen atoms in total. The molecule has 3 aromatic rings. The Hall–Kier alpha value is -2.01. The van der Waals surface area contributed by atoms with Crippen molar-refractivity contribution in [2.75, 3.05) is 18.9 Å². The van der Waals surface area contributed by atoms with Crippen LogP contribution in [0.3, 0.4) is 0 Å². The molecule has 0 radical (unpaired) electrons. The van der Waals surface area contributed by atoms with Crippen molar-refractivity contribution in [1.29, 1.82) is 0 Å². The van der Waals surface area contributed by atoms with E-state index in [2.05, 4.69) is 31.2 Å². The number of halogens is 1. The topological polar surface area (TPSA) is 95.2 Å². The molecule has 2 heterocycles. The number of H-pyrrole nitrogens is 1. The number of nitrogens with one attached hydrogen (secondary N) is 2. The first-order valence-corrected chi connectivity index (χ1v) is 10.6. The van der Waals surface area contributed by atoms with Gasteiger partial charge in [0.25, 0.3) is 0 Å². The lowest BCUT2D eigenvalue weighted by atomic mass is 10.3. The van der Waals surface area contributed by atoms with Crippen molar-refractivity contribution in [3.05, 3.63) is 52.4 Å². The second-order valence-corrected chi connectivity index (χ2v) is 9.20. The lowest BCUT2D eigenvalue weighted by Gasteiger charge is -2.16. The molecule has 0 fully saturated rings. The number of benzene rings is 1. The van der Waals surface area contributed by atoms with Gasteiger partial charge in [-0.15, -0.1) is 11.3 Å². The summed E-state index contributed by atoms with van der Waals surface area (Å²) in [7, 11) is -2.38. The second-order valence-electron chi connectivity index (χ2n) is 5.38. The summed E-state index contributed by atoms with van der Waals surface area (Å²) in [5, 5.41) is 4.85. The maximum absolute atomic E-state index is 12.5. The van der Waals surface area contributed by atoms with Crippen molar-refractivity contribution < 1.29 is 13.2 Å². The first kappa shape index (κ1) is 18.8. The predicted molar refractivity (Wildman–Crippen MR) is 104 cm³/mol. The van der Waals surface area contributed by atoms with E-state index in [0.29, 0.717) is 10.8 Å². The Kier molecular flexibility index (Phi) is 5.56. The summed E-state index contributed by atoms with van der Waals surface area (Å²) in [6.07, 6.45) is 1.79. The highest BCUT2D eigenvalue weighted by atomic mass is 79.9. The van der Waals surface area contributed by atoms with Gasteiger partial charge in [-0.25, -0.2) is 13.4 Å². The number of aromatic nitrogens is 2. The Labute approximate surface area is 163 Å². The van der Waals surface area contributed by atoms with Crippen LogP contribution in [0.25, 0.3) is 11.4 Å². The van der Waals surface area contributed by atoms with E-state index in [1.807, 2.05) is 17.5 Å². The molecule has 0 bridgehead atoms. The molecule has 1 aromatic carbocycles. The van der Waals surface area contributed by atoms with Crippen LogP contribution >= 0.6 is 27.3 Å². The van der Waals surface area contributed by atoms with Gasteiger partial charge in [-0.3, -0.25) is 4.79 Å². The van der Waals surface area contributed by atoms with Crippen molar-refractivity contribution in [2.45, 2.75) is 4.90 Å². The Morgan fingerprint density at radius 2 is 2.04 bits per heavy atom. The van der Waals surface area contributed by atoms with Gasteiger partial charge in [0.1, 0.15) is 0 Å². The van der Waals surface area contributed by atoms with Crippen LogP contribution in [0.2, 0.25) is 0 Å². The smallest absolute Gasteiger partial charge is 0.243 e. The summed E-state index contributed by atoms with van der Waals surface area (Å²) in [5.74, 6) is -0.458. The number of amides is 1. The predicted octanol–water partition coefficient (Wildman–Crippen LogP) is 3.16. The van der Waals surface area contributed by atoms with Crippen molar-refractivity contribution in [3.8, 4) is 11.4 Å². The van der Waals surface area contributed by atoms with Crippen LogP contribution in [-0.4, -0.2) is 42.2 Å². The summed E-state index contributed by atoms with van der Waals surface area (Å²) >= 11 is 4.53. The average molecular weight is 455 g/mol. The zero-order valence-electron chi connectivity index (χ0n) is 13.6. The van der Waals surface area contributed by atoms with E-state index in [1.54, 1.807) is 18.3 Å². The standard InChI is InChI=1S/C16H15BrN4O3S2/c1-21(26(23,24)12-6-4-11(17)5-7-12)9-15(22)20-16-19-14(10-25-16)13-3-2-8-18-13/h2-8,10,18H,9H2,1H3,(H,19,20,22). The Morgan fingerprint density at radius 3 is 2.69 bits per heavy atom. The van der Waals surface area contributed by atoms with E-state index in [4.69, 9.17) is 0 Å². The molecule has 0 saturated heterocycles. The fraction of sp³-hybridized carbons (Fsp3) is 0.125. The first-order chi connectivity index (χ1) is 12.4. The van der Waals surface area contributed by atoms with Gasteiger partial charge >= 0.3 is 0 Å². The highest BCUT2D eigenvalue weighted by molar-refractivity contribution is 9.10. The summed E-state index contributed by atoms with van der Waals surface area (Å²) in [4.78, 5) is 19.7. The molecule has 0 aliphatic heterocycles. The molecule has 2 N–H and O–H groups in total. The van der Waals surface area contributed by atoms with Gasteiger partial charge < -0.3 is 10.3 Å². The maximum atomic E-state index is 12.5. The molecule has 0 saturated carbocycles. The van der Waals surface area contributed by atoms with Crippen molar-refractivity contribution in [3.63, 3.8) is 0 Å². The zero-order valence-corrected chi connectivity index (χ0v) is 16.9. The number of anilines is 1. The number of carbonyl (C=O) groups excluding carboxylic acids is 1. The van der Waals surface area contributed by atoms with Gasteiger partial charge in [-0.05, 0) is 36.4 Å². The number of hydrogen-bond donors (Lipinski definition) is 2. The maximum Gasteiger partial charge on any atom is 0.243 e. The SMILES string of the molecule is CN(CC(=O)Nc1nc(-c2ccc[nH]2)cs1)S(=O)(=O)c1ccc(Br)cc1. The summed E-state index contributed by atoms with van der Waals surface area (Å²) in [6.45, 7) is -0.310. The van der Waals surface area contributed by atoms with E-state index in [1.165, 1.54) is 30.5 Å². The fourth-order valence-electron chi connectivity index (χ4n) is 2.18. The van der Waals surface area contributed by atoms with E-state index in [-0.39, 0.29) is 11.4 Å². The van der Waals surface area contributed by atoms with E-state index >= 15 is 0 Å². The third kappa shape index (κ3) is 4.21. The molecule has 3 rings (SSSR count). The zero-order chi connectivity index (χ0) is 18.7. The summed E-state index contributed by atoms with van der Waals surface area (Å²) < 4.78 is 26.8. The van der Waals surface area contributed by atoms with Crippen LogP contribution in [0.5, 0.6) is 0 Å². The molecule has 0 aliphatic carbocycles. The van der Waals surface area contributed by atoms with Crippen LogP contribution < -0.4 is 5.32 Å². The van der Waals surface area contributed by atoms with E-state index < -0.39 is 15.9 Å². The average Bonchev–Trinajstić information content (AvgIpc) is 3.26. The molecule has 1 amide bonds. The Bertz CT molecular complexity index is 999. The van der Waals surface area contributed by atoms with Gasteiger partial charge in [0, 0.05) is 23.1 Å². The van der Waals surface area contributed by atoms with Gasteiger partial charge in [-0.1, -0.05) is 15.9 Å². The van der Waals surface area contributed by atoms with Gasteiger partial charge in [0.05, 0.1) is 22.8 Å². The minimum atomic E-state index is -3.74. The summed E-state index contributed by atoms with van der Waals surface area (Å²) in [6, 6.07) is 9.97. The first-order valence-electron chi connectivity index (χ1n) is 7.47. The molecule has 0 aliphatic rings. The van der Waals surface area contributed by atoms with Crippen LogP contribution in [0.1, 0.15) is 0 Å². The van der Waals surface area contributed by atoms with Gasteiger partial charge in [0.2, 0.25) is 15.9 Å². The third-order valence-corrected chi connectivity index (χ3v) is 6.62. The lowest BCUT2D eigenvalue weighted by Crippen LogP contribution is -2.34. The third-order valence-electron chi connectivity index (χ3n) is 3.51. The minimum absolute atomic E-state index is 0.124. The molecule has 0 unspecified atom stereocenters. The molecule has 0 atom stereocenters. The molecule has 26 heavy (non-hydrogen) atoms. The van der Waals surface area contributed by atoms with E-state index in [9.17, 15) is 13.2 Å². The minimum Gasteiger partial charge on any atom is -0.360 e. The number of thiazole rings is 1. The summed E-state index contributed by atoms with van der Waals surface area (Å²) in [5.41, 5.74) is 1.56. The number of sulfonamides is 1. The monoisotopic (exact) mass is 454 g/mol. The lowest BCUT2D eigenvalue weighted by molar-refractivity contribution is -0.116. The van der Waals surface area contributed by atoms with Crippen LogP contribution in [0.15, 0.2) is 57.3 Å². The number of carbonyl (C=O) groups is 1. The number of likely N-dealkylation sites (N-methyl/N-ethyl adjacent to an activating group) is 1. The Morgan fingerprint density at radius 1 is 1.31 bits per heavy atom. The molecule has 10 heteroatoms. The van der Waals surface area contributed by atoms with Crippen molar-refractivity contribution >= 4 is 48.3 Å². The molecular formula is C16H15BrN4O3S2. The van der Waals surface area contributed by atoms with Crippen molar-refractivity contribution in [1.82, 2.24) is 14.3 Å². The quantitative estimate of drug-likeness (QED) is 0.597. The van der Waals surface area contributed by atoms with E-state index in [0.717, 1.165) is 14.5 Å². The largest absolute Gasteiger partial charge is 0.360 e. The second kappa shape index (κ2) is 7.70. The van der Waals surface area contributed by atoms with Crippen LogP contribution in [-0.2, 0) is 14.8 Å². The Balaban J connectivity index is 1.65. The highest BCUT2D eigenvalue weighted by Crippen LogP contribution is 2.23. The number of nitrogens with zero attached hydrogens (tertiary/aromatic N) is 2. The van der Waals surface area contributed by atoms with Gasteiger partial charge in [0.15, 0.2) is 5.13 Å². The molecule has 2 aromatic heterocycles. The molecular weight excluding hydrogens is 440 g/mol. The number of aromatic amines is 1. The fourth-order valence-corrected chi connectivity index (χ4v) is 4.30. The van der Waals surface area contributed by atoms with Crippen LogP contribution in [0, 0.1) is 0 Å². The van der Waals surface area contributed by atoms with Gasteiger partial charge in [-0.2, -0.15) is 4.31 Å².